The van der Waals surface area contributed by atoms with Crippen LogP contribution in [0.15, 0.2) is 24.3 Å². The summed E-state index contributed by atoms with van der Waals surface area (Å²) < 4.78 is 0. The first-order valence-electron chi connectivity index (χ1n) is 6.47. The van der Waals surface area contributed by atoms with Gasteiger partial charge in [-0.2, -0.15) is 0 Å². The number of hydrogen-bond donors (Lipinski definition) is 1. The van der Waals surface area contributed by atoms with E-state index in [9.17, 15) is 0 Å². The molecular formula is C15H24N2. The van der Waals surface area contributed by atoms with Crippen molar-refractivity contribution in [3.63, 3.8) is 0 Å². The van der Waals surface area contributed by atoms with Gasteiger partial charge in [0.2, 0.25) is 0 Å². The van der Waals surface area contributed by atoms with Crippen molar-refractivity contribution in [3.8, 4) is 0 Å². The maximum atomic E-state index is 3.36. The van der Waals surface area contributed by atoms with Gasteiger partial charge >= 0.3 is 0 Å². The molecule has 17 heavy (non-hydrogen) atoms. The van der Waals surface area contributed by atoms with Crippen molar-refractivity contribution in [2.75, 3.05) is 27.7 Å². The zero-order chi connectivity index (χ0) is 12.5. The molecule has 0 amide bonds. The van der Waals surface area contributed by atoms with E-state index in [4.69, 9.17) is 0 Å². The Morgan fingerprint density at radius 1 is 1.35 bits per heavy atom. The lowest BCUT2D eigenvalue weighted by Gasteiger charge is -2.33. The highest BCUT2D eigenvalue weighted by Crippen LogP contribution is 2.56. The van der Waals surface area contributed by atoms with Gasteiger partial charge in [0.25, 0.3) is 0 Å². The molecule has 1 aliphatic rings. The van der Waals surface area contributed by atoms with Crippen LogP contribution in [0.1, 0.15) is 30.0 Å². The Kier molecular flexibility index (Phi) is 3.55. The standard InChI is InChI=1S/C15H24N2/c1-12-6-5-7-13(10-12)14(17(3)4)15(8-9-15)11-16-2/h5-7,10,14,16H,8-9,11H2,1-4H3. The fraction of sp³-hybridized carbons (Fsp3) is 0.600. The SMILES string of the molecule is CNCC1(C(c2cccc(C)c2)N(C)C)CC1. The van der Waals surface area contributed by atoms with Crippen LogP contribution < -0.4 is 5.32 Å². The van der Waals surface area contributed by atoms with E-state index in [2.05, 4.69) is 62.5 Å². The summed E-state index contributed by atoms with van der Waals surface area (Å²) in [6, 6.07) is 9.49. The number of hydrogen-bond acceptors (Lipinski definition) is 2. The third-order valence-electron chi connectivity index (χ3n) is 3.88. The van der Waals surface area contributed by atoms with Crippen LogP contribution in [0.4, 0.5) is 0 Å². The molecule has 1 atom stereocenters. The molecule has 1 aromatic rings. The zero-order valence-electron chi connectivity index (χ0n) is 11.5. The first-order valence-corrected chi connectivity index (χ1v) is 6.47. The smallest absolute Gasteiger partial charge is 0.0410 e. The second-order valence-corrected chi connectivity index (χ2v) is 5.67. The Hall–Kier alpha value is -0.860. The molecule has 94 valence electrons. The van der Waals surface area contributed by atoms with Gasteiger partial charge in [0.15, 0.2) is 0 Å². The van der Waals surface area contributed by atoms with E-state index in [-0.39, 0.29) is 0 Å². The molecule has 0 saturated heterocycles. The average molecular weight is 232 g/mol. The lowest BCUT2D eigenvalue weighted by molar-refractivity contribution is 0.191. The summed E-state index contributed by atoms with van der Waals surface area (Å²) in [4.78, 5) is 2.37. The molecule has 0 aliphatic heterocycles. The molecule has 1 aliphatic carbocycles. The Bertz CT molecular complexity index is 380. The summed E-state index contributed by atoms with van der Waals surface area (Å²) in [5.74, 6) is 0. The molecule has 0 bridgehead atoms. The van der Waals surface area contributed by atoms with Crippen molar-refractivity contribution in [1.82, 2.24) is 10.2 Å². The summed E-state index contributed by atoms with van der Waals surface area (Å²) in [5, 5.41) is 3.36. The number of benzene rings is 1. The monoisotopic (exact) mass is 232 g/mol. The lowest BCUT2D eigenvalue weighted by atomic mass is 9.88. The fourth-order valence-corrected chi connectivity index (χ4v) is 3.10. The quantitative estimate of drug-likeness (QED) is 0.839. The number of aryl methyl sites for hydroxylation is 1. The van der Waals surface area contributed by atoms with Crippen molar-refractivity contribution in [3.05, 3.63) is 35.4 Å². The highest BCUT2D eigenvalue weighted by atomic mass is 15.1. The predicted octanol–water partition coefficient (Wildman–Crippen LogP) is 2.60. The molecule has 1 fully saturated rings. The van der Waals surface area contributed by atoms with Crippen molar-refractivity contribution < 1.29 is 0 Å². The Morgan fingerprint density at radius 2 is 2.06 bits per heavy atom. The molecule has 0 spiro atoms. The number of nitrogens with zero attached hydrogens (tertiary/aromatic N) is 1. The van der Waals surface area contributed by atoms with Gasteiger partial charge in [0.05, 0.1) is 0 Å². The van der Waals surface area contributed by atoms with Crippen LogP contribution in [0.25, 0.3) is 0 Å². The van der Waals surface area contributed by atoms with E-state index in [1.165, 1.54) is 24.0 Å². The van der Waals surface area contributed by atoms with Gasteiger partial charge in [0, 0.05) is 18.0 Å². The van der Waals surface area contributed by atoms with Crippen molar-refractivity contribution >= 4 is 0 Å². The minimum Gasteiger partial charge on any atom is -0.319 e. The maximum absolute atomic E-state index is 3.36. The van der Waals surface area contributed by atoms with Crippen LogP contribution >= 0.6 is 0 Å². The molecular weight excluding hydrogens is 208 g/mol. The normalized spacial score (nSPS) is 19.4. The third-order valence-corrected chi connectivity index (χ3v) is 3.88. The van der Waals surface area contributed by atoms with E-state index in [1.807, 2.05) is 0 Å². The number of rotatable bonds is 5. The Balaban J connectivity index is 2.30. The van der Waals surface area contributed by atoms with Gasteiger partial charge in [0.1, 0.15) is 0 Å². The molecule has 2 rings (SSSR count). The van der Waals surface area contributed by atoms with E-state index < -0.39 is 0 Å². The fourth-order valence-electron chi connectivity index (χ4n) is 3.10. The van der Waals surface area contributed by atoms with E-state index in [0.29, 0.717) is 11.5 Å². The topological polar surface area (TPSA) is 15.3 Å². The number of nitrogens with one attached hydrogen (secondary N) is 1. The highest BCUT2D eigenvalue weighted by molar-refractivity contribution is 5.28. The van der Waals surface area contributed by atoms with Gasteiger partial charge in [-0.3, -0.25) is 0 Å². The summed E-state index contributed by atoms with van der Waals surface area (Å²) in [7, 11) is 6.45. The highest BCUT2D eigenvalue weighted by Gasteiger charge is 2.50. The summed E-state index contributed by atoms with van der Waals surface area (Å²) in [5.41, 5.74) is 3.27. The largest absolute Gasteiger partial charge is 0.319 e. The van der Waals surface area contributed by atoms with Crippen LogP contribution in [0.3, 0.4) is 0 Å². The zero-order valence-corrected chi connectivity index (χ0v) is 11.5. The summed E-state index contributed by atoms with van der Waals surface area (Å²) >= 11 is 0. The van der Waals surface area contributed by atoms with Gasteiger partial charge in [-0.05, 0) is 46.5 Å². The van der Waals surface area contributed by atoms with E-state index >= 15 is 0 Å². The minimum absolute atomic E-state index is 0.450. The average Bonchev–Trinajstić information content (AvgIpc) is 2.98. The first kappa shape index (κ1) is 12.6. The summed E-state index contributed by atoms with van der Waals surface area (Å²) in [6.45, 7) is 3.29. The molecule has 0 aromatic heterocycles. The maximum Gasteiger partial charge on any atom is 0.0410 e. The Morgan fingerprint density at radius 3 is 2.53 bits per heavy atom. The predicted molar refractivity (Wildman–Crippen MR) is 73.2 cm³/mol. The van der Waals surface area contributed by atoms with Gasteiger partial charge in [-0.1, -0.05) is 29.8 Å². The lowest BCUT2D eigenvalue weighted by Crippen LogP contribution is -2.34. The molecule has 2 nitrogen and oxygen atoms in total. The van der Waals surface area contributed by atoms with Crippen molar-refractivity contribution in [2.24, 2.45) is 5.41 Å². The second-order valence-electron chi connectivity index (χ2n) is 5.67. The van der Waals surface area contributed by atoms with E-state index in [0.717, 1.165) is 6.54 Å². The van der Waals surface area contributed by atoms with Crippen LogP contribution in [0, 0.1) is 12.3 Å². The molecule has 1 aromatic carbocycles. The molecule has 2 heteroatoms. The van der Waals surface area contributed by atoms with Crippen LogP contribution in [-0.2, 0) is 0 Å². The first-order chi connectivity index (χ1) is 8.09. The molecule has 0 radical (unpaired) electrons. The van der Waals surface area contributed by atoms with Gasteiger partial charge < -0.3 is 10.2 Å². The van der Waals surface area contributed by atoms with Crippen LogP contribution in [0.2, 0.25) is 0 Å². The second kappa shape index (κ2) is 4.79. The van der Waals surface area contributed by atoms with Crippen LogP contribution in [0.5, 0.6) is 0 Å². The molecule has 1 unspecified atom stereocenters. The molecule has 1 N–H and O–H groups in total. The summed E-state index contributed by atoms with van der Waals surface area (Å²) in [6.07, 6.45) is 2.68. The van der Waals surface area contributed by atoms with Crippen molar-refractivity contribution in [2.45, 2.75) is 25.8 Å². The molecule has 1 saturated carbocycles. The Labute approximate surface area is 105 Å². The van der Waals surface area contributed by atoms with Gasteiger partial charge in [-0.25, -0.2) is 0 Å². The van der Waals surface area contributed by atoms with E-state index in [1.54, 1.807) is 0 Å². The molecule has 0 heterocycles. The minimum atomic E-state index is 0.450. The third kappa shape index (κ3) is 2.53. The van der Waals surface area contributed by atoms with Crippen molar-refractivity contribution in [1.29, 1.82) is 0 Å². The van der Waals surface area contributed by atoms with Crippen LogP contribution in [-0.4, -0.2) is 32.6 Å². The van der Waals surface area contributed by atoms with Gasteiger partial charge in [-0.15, -0.1) is 0 Å².